The standard InChI is InChI=1S/C19H22ClFN2O2/c1-4-23(11-14-6-8-18(25-3)16(21)10-14)12-19(24)22-17-7-5-13(2)9-15(17)20/h5-10H,4,11-12H2,1-3H3,(H,22,24). The van der Waals surface area contributed by atoms with E-state index in [2.05, 4.69) is 5.32 Å². The monoisotopic (exact) mass is 364 g/mol. The van der Waals surface area contributed by atoms with Gasteiger partial charge in [-0.1, -0.05) is 30.7 Å². The number of ether oxygens (including phenoxy) is 1. The van der Waals surface area contributed by atoms with E-state index in [0.717, 1.165) is 11.1 Å². The number of anilines is 1. The maximum Gasteiger partial charge on any atom is 0.238 e. The van der Waals surface area contributed by atoms with Crippen LogP contribution in [0.1, 0.15) is 18.1 Å². The summed E-state index contributed by atoms with van der Waals surface area (Å²) in [6.45, 7) is 5.19. The first-order valence-electron chi connectivity index (χ1n) is 8.03. The quantitative estimate of drug-likeness (QED) is 0.798. The summed E-state index contributed by atoms with van der Waals surface area (Å²) in [6.07, 6.45) is 0. The molecule has 0 aliphatic rings. The van der Waals surface area contributed by atoms with Crippen LogP contribution in [0.4, 0.5) is 10.1 Å². The number of halogens is 2. The average Bonchev–Trinajstić information content (AvgIpc) is 2.57. The highest BCUT2D eigenvalue weighted by molar-refractivity contribution is 6.33. The van der Waals surface area contributed by atoms with E-state index >= 15 is 0 Å². The molecule has 25 heavy (non-hydrogen) atoms. The first-order valence-corrected chi connectivity index (χ1v) is 8.41. The fourth-order valence-corrected chi connectivity index (χ4v) is 2.74. The smallest absolute Gasteiger partial charge is 0.238 e. The maximum absolute atomic E-state index is 13.8. The molecule has 0 fully saturated rings. The third-order valence-electron chi connectivity index (χ3n) is 3.84. The summed E-state index contributed by atoms with van der Waals surface area (Å²) in [5, 5.41) is 3.32. The zero-order chi connectivity index (χ0) is 18.4. The van der Waals surface area contributed by atoms with E-state index in [1.54, 1.807) is 24.3 Å². The molecule has 0 spiro atoms. The van der Waals surface area contributed by atoms with Crippen LogP contribution in [0.5, 0.6) is 5.75 Å². The predicted molar refractivity (Wildman–Crippen MR) is 98.7 cm³/mol. The summed E-state index contributed by atoms with van der Waals surface area (Å²) in [4.78, 5) is 14.2. The van der Waals surface area contributed by atoms with Crippen molar-refractivity contribution in [2.75, 3.05) is 25.5 Å². The fourth-order valence-electron chi connectivity index (χ4n) is 2.46. The topological polar surface area (TPSA) is 41.6 Å². The Morgan fingerprint density at radius 2 is 2.04 bits per heavy atom. The van der Waals surface area contributed by atoms with E-state index in [1.165, 1.54) is 13.2 Å². The van der Waals surface area contributed by atoms with E-state index in [9.17, 15) is 9.18 Å². The number of nitrogens with one attached hydrogen (secondary N) is 1. The average molecular weight is 365 g/mol. The molecule has 2 rings (SSSR count). The van der Waals surface area contributed by atoms with Gasteiger partial charge in [-0.25, -0.2) is 4.39 Å². The Bertz CT molecular complexity index is 752. The number of carbonyl (C=O) groups excluding carboxylic acids is 1. The number of hydrogen-bond acceptors (Lipinski definition) is 3. The van der Waals surface area contributed by atoms with Gasteiger partial charge in [0.25, 0.3) is 0 Å². The normalized spacial score (nSPS) is 10.8. The first kappa shape index (κ1) is 19.2. The summed E-state index contributed by atoms with van der Waals surface area (Å²) in [5.74, 6) is -0.368. The van der Waals surface area contributed by atoms with Crippen molar-refractivity contribution < 1.29 is 13.9 Å². The van der Waals surface area contributed by atoms with Crippen LogP contribution in [-0.2, 0) is 11.3 Å². The highest BCUT2D eigenvalue weighted by Gasteiger charge is 2.13. The molecule has 1 amide bonds. The van der Waals surface area contributed by atoms with Gasteiger partial charge in [-0.15, -0.1) is 0 Å². The molecule has 4 nitrogen and oxygen atoms in total. The number of nitrogens with zero attached hydrogens (tertiary/aromatic N) is 1. The Morgan fingerprint density at radius 1 is 1.28 bits per heavy atom. The van der Waals surface area contributed by atoms with Crippen molar-refractivity contribution in [1.29, 1.82) is 0 Å². The third-order valence-corrected chi connectivity index (χ3v) is 4.15. The zero-order valence-corrected chi connectivity index (χ0v) is 15.4. The van der Waals surface area contributed by atoms with Gasteiger partial charge in [-0.05, 0) is 48.9 Å². The van der Waals surface area contributed by atoms with Gasteiger partial charge in [0.2, 0.25) is 5.91 Å². The number of carbonyl (C=O) groups is 1. The number of aryl methyl sites for hydroxylation is 1. The van der Waals surface area contributed by atoms with Crippen molar-refractivity contribution in [1.82, 2.24) is 4.90 Å². The molecule has 0 aliphatic heterocycles. The summed E-state index contributed by atoms with van der Waals surface area (Å²) >= 11 is 6.14. The van der Waals surface area contributed by atoms with Gasteiger partial charge in [0.15, 0.2) is 11.6 Å². The van der Waals surface area contributed by atoms with Crippen LogP contribution >= 0.6 is 11.6 Å². The van der Waals surface area contributed by atoms with Crippen LogP contribution in [0.25, 0.3) is 0 Å². The van der Waals surface area contributed by atoms with Gasteiger partial charge in [-0.3, -0.25) is 9.69 Å². The molecule has 0 saturated carbocycles. The van der Waals surface area contributed by atoms with E-state index in [-0.39, 0.29) is 18.2 Å². The van der Waals surface area contributed by atoms with Crippen LogP contribution < -0.4 is 10.1 Å². The van der Waals surface area contributed by atoms with E-state index in [1.807, 2.05) is 24.8 Å². The molecule has 1 N–H and O–H groups in total. The lowest BCUT2D eigenvalue weighted by Crippen LogP contribution is -2.32. The molecule has 0 radical (unpaired) electrons. The summed E-state index contributed by atoms with van der Waals surface area (Å²) in [7, 11) is 1.43. The number of methoxy groups -OCH3 is 1. The number of benzene rings is 2. The second-order valence-corrected chi connectivity index (χ2v) is 6.21. The Kier molecular flexibility index (Phi) is 6.79. The second-order valence-electron chi connectivity index (χ2n) is 5.80. The van der Waals surface area contributed by atoms with E-state index in [4.69, 9.17) is 16.3 Å². The minimum atomic E-state index is -0.410. The predicted octanol–water partition coefficient (Wildman–Crippen LogP) is 4.26. The van der Waals surface area contributed by atoms with Gasteiger partial charge in [0, 0.05) is 6.54 Å². The number of amides is 1. The number of hydrogen-bond donors (Lipinski definition) is 1. The minimum Gasteiger partial charge on any atom is -0.494 e. The van der Waals surface area contributed by atoms with Gasteiger partial charge < -0.3 is 10.1 Å². The molecule has 0 atom stereocenters. The number of rotatable bonds is 7. The van der Waals surface area contributed by atoms with Crippen molar-refractivity contribution in [2.24, 2.45) is 0 Å². The Hall–Kier alpha value is -2.11. The molecule has 6 heteroatoms. The van der Waals surface area contributed by atoms with Gasteiger partial charge in [0.05, 0.1) is 24.4 Å². The first-order chi connectivity index (χ1) is 11.9. The van der Waals surface area contributed by atoms with Crippen molar-refractivity contribution in [2.45, 2.75) is 20.4 Å². The molecule has 0 heterocycles. The number of likely N-dealkylation sites (N-methyl/N-ethyl adjacent to an activating group) is 1. The van der Waals surface area contributed by atoms with E-state index in [0.29, 0.717) is 23.8 Å². The molecular weight excluding hydrogens is 343 g/mol. The largest absolute Gasteiger partial charge is 0.494 e. The molecule has 2 aromatic rings. The van der Waals surface area contributed by atoms with Gasteiger partial charge >= 0.3 is 0 Å². The highest BCUT2D eigenvalue weighted by atomic mass is 35.5. The van der Waals surface area contributed by atoms with Gasteiger partial charge in [0.1, 0.15) is 0 Å². The molecule has 134 valence electrons. The molecule has 0 aliphatic carbocycles. The SMILES string of the molecule is CCN(CC(=O)Nc1ccc(C)cc1Cl)Cc1ccc(OC)c(F)c1. The van der Waals surface area contributed by atoms with Crippen LogP contribution in [-0.4, -0.2) is 31.0 Å². The molecule has 0 aromatic heterocycles. The second kappa shape index (κ2) is 8.83. The van der Waals surface area contributed by atoms with Gasteiger partial charge in [-0.2, -0.15) is 0 Å². The van der Waals surface area contributed by atoms with Crippen LogP contribution in [0.3, 0.4) is 0 Å². The van der Waals surface area contributed by atoms with Crippen molar-refractivity contribution in [3.05, 3.63) is 58.4 Å². The van der Waals surface area contributed by atoms with E-state index < -0.39 is 5.82 Å². The maximum atomic E-state index is 13.8. The molecular formula is C19H22ClFN2O2. The minimum absolute atomic E-state index is 0.165. The van der Waals surface area contributed by atoms with Crippen LogP contribution in [0.2, 0.25) is 5.02 Å². The lowest BCUT2D eigenvalue weighted by atomic mass is 10.2. The zero-order valence-electron chi connectivity index (χ0n) is 14.6. The summed E-state index contributed by atoms with van der Waals surface area (Å²) in [6, 6.07) is 10.3. The lowest BCUT2D eigenvalue weighted by Gasteiger charge is -2.20. The lowest BCUT2D eigenvalue weighted by molar-refractivity contribution is -0.117. The van der Waals surface area contributed by atoms with Crippen molar-refractivity contribution in [3.63, 3.8) is 0 Å². The molecule has 0 bridgehead atoms. The Labute approximate surface area is 152 Å². The third kappa shape index (κ3) is 5.44. The van der Waals surface area contributed by atoms with Crippen LogP contribution in [0, 0.1) is 12.7 Å². The fraction of sp³-hybridized carbons (Fsp3) is 0.316. The Morgan fingerprint density at radius 3 is 2.64 bits per heavy atom. The van der Waals surface area contributed by atoms with Crippen molar-refractivity contribution in [3.8, 4) is 5.75 Å². The summed E-state index contributed by atoms with van der Waals surface area (Å²) < 4.78 is 18.7. The molecule has 0 unspecified atom stereocenters. The molecule has 0 saturated heterocycles. The Balaban J connectivity index is 1.98. The van der Waals surface area contributed by atoms with Crippen LogP contribution in [0.15, 0.2) is 36.4 Å². The summed E-state index contributed by atoms with van der Waals surface area (Å²) in [5.41, 5.74) is 2.39. The van der Waals surface area contributed by atoms with Crippen molar-refractivity contribution >= 4 is 23.2 Å². The highest BCUT2D eigenvalue weighted by Crippen LogP contribution is 2.23. The molecule has 2 aromatic carbocycles.